The summed E-state index contributed by atoms with van der Waals surface area (Å²) in [5, 5.41) is 19.1. The van der Waals surface area contributed by atoms with Crippen LogP contribution in [-0.4, -0.2) is 114 Å². The molecule has 0 saturated carbocycles. The van der Waals surface area contributed by atoms with Gasteiger partial charge in [-0.1, -0.05) is 85.7 Å². The first kappa shape index (κ1) is 54.1. The summed E-state index contributed by atoms with van der Waals surface area (Å²) in [6.07, 6.45) is 2.38. The van der Waals surface area contributed by atoms with Gasteiger partial charge in [0, 0.05) is 12.6 Å². The predicted molar refractivity (Wildman–Crippen MR) is 242 cm³/mol. The standard InChI is InChI=1S/C46H77N9O8/c1-26(2)20-34(42(59)49-30(9)10)51-39(56)25-48-40(57)31(11)50-43(60)35(21-27(3)4)52-44(61)36(22-28(5)6)53-45(62)38-18-15-19-55(38)46(63)37(23-29(7)8)54-41(58)33(47)24-32-16-13-12-14-17-32/h12-14,16-17,26-31,33-38H,15,18-25,47H2,1-11H3,(H,48,57)(H,49,59)(H,50,60)(H,51,56)(H,52,61)(H,53,62)(H,54,58)/t31-,33-,34-,35-,36-,37-,38-/m0/s1. The number of carbonyl (C=O) groups excluding carboxylic acids is 8. The number of amides is 8. The Morgan fingerprint density at radius 2 is 1.06 bits per heavy atom. The fourth-order valence-electron chi connectivity index (χ4n) is 7.42. The molecule has 9 N–H and O–H groups in total. The molecule has 1 aromatic carbocycles. The molecule has 0 unspecified atom stereocenters. The molecule has 0 radical (unpaired) electrons. The first-order chi connectivity index (χ1) is 29.5. The monoisotopic (exact) mass is 884 g/mol. The Morgan fingerprint density at radius 3 is 1.60 bits per heavy atom. The number of benzene rings is 1. The molecule has 1 aliphatic heterocycles. The highest BCUT2D eigenvalue weighted by Crippen LogP contribution is 2.22. The van der Waals surface area contributed by atoms with E-state index in [9.17, 15) is 38.4 Å². The summed E-state index contributed by atoms with van der Waals surface area (Å²) < 4.78 is 0. The molecule has 1 fully saturated rings. The van der Waals surface area contributed by atoms with Gasteiger partial charge in [-0.25, -0.2) is 0 Å². The maximum Gasteiger partial charge on any atom is 0.245 e. The van der Waals surface area contributed by atoms with E-state index in [2.05, 4.69) is 37.2 Å². The molecular formula is C46H77N9O8. The second kappa shape index (κ2) is 26.5. The molecule has 7 atom stereocenters. The summed E-state index contributed by atoms with van der Waals surface area (Å²) in [5.41, 5.74) is 7.14. The molecule has 8 amide bonds. The van der Waals surface area contributed by atoms with Crippen molar-refractivity contribution in [1.29, 1.82) is 0 Å². The molecule has 17 heteroatoms. The van der Waals surface area contributed by atoms with E-state index >= 15 is 0 Å². The van der Waals surface area contributed by atoms with Crippen LogP contribution in [0.4, 0.5) is 0 Å². The van der Waals surface area contributed by atoms with Crippen molar-refractivity contribution >= 4 is 47.3 Å². The number of nitrogens with one attached hydrogen (secondary N) is 7. The van der Waals surface area contributed by atoms with E-state index in [1.165, 1.54) is 11.8 Å². The zero-order valence-electron chi connectivity index (χ0n) is 39.5. The second-order valence-corrected chi connectivity index (χ2v) is 18.9. The summed E-state index contributed by atoms with van der Waals surface area (Å²) in [6.45, 7) is 20.2. The molecule has 354 valence electrons. The minimum Gasteiger partial charge on any atom is -0.352 e. The number of hydrogen-bond donors (Lipinski definition) is 8. The molecule has 0 bridgehead atoms. The van der Waals surface area contributed by atoms with Crippen molar-refractivity contribution < 1.29 is 38.4 Å². The van der Waals surface area contributed by atoms with Crippen molar-refractivity contribution in [3.63, 3.8) is 0 Å². The van der Waals surface area contributed by atoms with E-state index < -0.39 is 90.2 Å². The van der Waals surface area contributed by atoms with Gasteiger partial charge in [0.1, 0.15) is 36.3 Å². The number of nitrogens with zero attached hydrogens (tertiary/aromatic N) is 1. The van der Waals surface area contributed by atoms with Gasteiger partial charge < -0.3 is 47.9 Å². The molecular weight excluding hydrogens is 807 g/mol. The van der Waals surface area contributed by atoms with Gasteiger partial charge in [0.2, 0.25) is 47.3 Å². The zero-order valence-corrected chi connectivity index (χ0v) is 39.5. The summed E-state index contributed by atoms with van der Waals surface area (Å²) in [4.78, 5) is 109. The summed E-state index contributed by atoms with van der Waals surface area (Å²) in [6, 6.07) is 2.53. The van der Waals surface area contributed by atoms with Gasteiger partial charge in [-0.2, -0.15) is 0 Å². The lowest BCUT2D eigenvalue weighted by Crippen LogP contribution is -2.59. The van der Waals surface area contributed by atoms with Crippen LogP contribution < -0.4 is 43.0 Å². The Hall–Kier alpha value is -5.06. The van der Waals surface area contributed by atoms with E-state index in [4.69, 9.17) is 5.73 Å². The Balaban J connectivity index is 2.13. The average molecular weight is 884 g/mol. The van der Waals surface area contributed by atoms with Gasteiger partial charge in [-0.3, -0.25) is 38.4 Å². The third-order valence-corrected chi connectivity index (χ3v) is 10.4. The maximum absolute atomic E-state index is 14.1. The maximum atomic E-state index is 14.1. The Kier molecular flexibility index (Phi) is 22.8. The lowest BCUT2D eigenvalue weighted by atomic mass is 9.99. The quantitative estimate of drug-likeness (QED) is 0.0713. The minimum absolute atomic E-state index is 0.0382. The van der Waals surface area contributed by atoms with Crippen LogP contribution in [0, 0.1) is 23.7 Å². The Bertz CT molecular complexity index is 1690. The van der Waals surface area contributed by atoms with Crippen LogP contribution in [0.15, 0.2) is 30.3 Å². The number of nitrogens with two attached hydrogens (primary N) is 1. The van der Waals surface area contributed by atoms with E-state index in [1.807, 2.05) is 99.6 Å². The van der Waals surface area contributed by atoms with Crippen molar-refractivity contribution in [2.75, 3.05) is 13.1 Å². The lowest BCUT2D eigenvalue weighted by molar-refractivity contribution is -0.142. The van der Waals surface area contributed by atoms with Crippen LogP contribution in [0.1, 0.15) is 120 Å². The second-order valence-electron chi connectivity index (χ2n) is 18.9. The Morgan fingerprint density at radius 1 is 0.587 bits per heavy atom. The fraction of sp³-hybridized carbons (Fsp3) is 0.696. The first-order valence-electron chi connectivity index (χ1n) is 22.7. The number of rotatable bonds is 25. The van der Waals surface area contributed by atoms with Gasteiger partial charge in [-0.05, 0) is 95.0 Å². The largest absolute Gasteiger partial charge is 0.352 e. The van der Waals surface area contributed by atoms with Crippen molar-refractivity contribution in [3.8, 4) is 0 Å². The molecule has 1 aromatic rings. The molecule has 0 spiro atoms. The van der Waals surface area contributed by atoms with E-state index in [0.717, 1.165) is 5.56 Å². The molecule has 1 saturated heterocycles. The molecule has 2 rings (SSSR count). The number of carbonyl (C=O) groups is 8. The predicted octanol–water partition coefficient (Wildman–Crippen LogP) is 1.82. The fourth-order valence-corrected chi connectivity index (χ4v) is 7.42. The van der Waals surface area contributed by atoms with Gasteiger partial charge in [0.05, 0.1) is 12.6 Å². The van der Waals surface area contributed by atoms with Gasteiger partial charge in [0.25, 0.3) is 0 Å². The number of likely N-dealkylation sites (tertiary alicyclic amines) is 1. The van der Waals surface area contributed by atoms with Gasteiger partial charge in [0.15, 0.2) is 0 Å². The van der Waals surface area contributed by atoms with E-state index in [1.54, 1.807) is 0 Å². The highest BCUT2D eigenvalue weighted by Gasteiger charge is 2.40. The molecule has 17 nitrogen and oxygen atoms in total. The van der Waals surface area contributed by atoms with Crippen LogP contribution in [0.5, 0.6) is 0 Å². The van der Waals surface area contributed by atoms with Crippen molar-refractivity contribution in [2.24, 2.45) is 29.4 Å². The van der Waals surface area contributed by atoms with Crippen LogP contribution >= 0.6 is 0 Å². The van der Waals surface area contributed by atoms with Crippen LogP contribution in [0.25, 0.3) is 0 Å². The average Bonchev–Trinajstić information content (AvgIpc) is 3.68. The van der Waals surface area contributed by atoms with Crippen LogP contribution in [-0.2, 0) is 44.8 Å². The SMILES string of the molecule is CC(C)C[C@H](NC(=O)CNC(=O)[C@H](C)NC(=O)[C@H](CC(C)C)NC(=O)[C@H](CC(C)C)NC(=O)[C@@H]1CCCN1C(=O)[C@H](CC(C)C)NC(=O)[C@@H](N)Cc1ccccc1)C(=O)NC(C)C. The van der Waals surface area contributed by atoms with Crippen LogP contribution in [0.2, 0.25) is 0 Å². The lowest BCUT2D eigenvalue weighted by Gasteiger charge is -2.31. The smallest absolute Gasteiger partial charge is 0.245 e. The normalized spacial score (nSPS) is 16.8. The van der Waals surface area contributed by atoms with E-state index in [-0.39, 0.29) is 48.5 Å². The van der Waals surface area contributed by atoms with Crippen molar-refractivity contribution in [2.45, 2.75) is 169 Å². The summed E-state index contributed by atoms with van der Waals surface area (Å²) >= 11 is 0. The summed E-state index contributed by atoms with van der Waals surface area (Å²) in [7, 11) is 0. The Labute approximate surface area is 374 Å². The van der Waals surface area contributed by atoms with Crippen LogP contribution in [0.3, 0.4) is 0 Å². The van der Waals surface area contributed by atoms with Gasteiger partial charge in [-0.15, -0.1) is 0 Å². The molecule has 0 aromatic heterocycles. The van der Waals surface area contributed by atoms with Crippen molar-refractivity contribution in [1.82, 2.24) is 42.1 Å². The highest BCUT2D eigenvalue weighted by molar-refractivity contribution is 5.97. The van der Waals surface area contributed by atoms with Gasteiger partial charge >= 0.3 is 0 Å². The van der Waals surface area contributed by atoms with Crippen molar-refractivity contribution in [3.05, 3.63) is 35.9 Å². The molecule has 1 heterocycles. The minimum atomic E-state index is -1.09. The zero-order chi connectivity index (χ0) is 47.6. The third-order valence-electron chi connectivity index (χ3n) is 10.4. The third kappa shape index (κ3) is 19.5. The topological polar surface area (TPSA) is 250 Å². The summed E-state index contributed by atoms with van der Waals surface area (Å²) in [5.74, 6) is -4.10. The molecule has 63 heavy (non-hydrogen) atoms. The molecule has 1 aliphatic rings. The molecule has 0 aliphatic carbocycles. The number of hydrogen-bond acceptors (Lipinski definition) is 9. The first-order valence-corrected chi connectivity index (χ1v) is 22.7. The van der Waals surface area contributed by atoms with E-state index in [0.29, 0.717) is 38.6 Å². The highest BCUT2D eigenvalue weighted by atomic mass is 16.2.